The lowest BCUT2D eigenvalue weighted by Crippen LogP contribution is -2.34. The molecular weight excluding hydrogens is 340 g/mol. The third-order valence-electron chi connectivity index (χ3n) is 4.59. The summed E-state index contributed by atoms with van der Waals surface area (Å²) in [5.74, 6) is -0.155. The zero-order valence-corrected chi connectivity index (χ0v) is 15.7. The molecule has 3 rings (SSSR count). The Morgan fingerprint density at radius 3 is 2.74 bits per heavy atom. The molecule has 0 fully saturated rings. The van der Waals surface area contributed by atoms with Crippen LogP contribution in [0.25, 0.3) is 0 Å². The highest BCUT2D eigenvalue weighted by Gasteiger charge is 2.22. The van der Waals surface area contributed by atoms with Crippen LogP contribution in [0.5, 0.6) is 0 Å². The fraction of sp³-hybridized carbons (Fsp3) is 0.333. The molecule has 2 aromatic carbocycles. The number of amides is 3. The molecule has 6 nitrogen and oxygen atoms in total. The number of hydrogen-bond acceptors (Lipinski definition) is 3. The van der Waals surface area contributed by atoms with Crippen LogP contribution in [0.4, 0.5) is 16.2 Å². The van der Waals surface area contributed by atoms with Gasteiger partial charge >= 0.3 is 6.03 Å². The van der Waals surface area contributed by atoms with Gasteiger partial charge in [0, 0.05) is 23.0 Å². The van der Waals surface area contributed by atoms with Crippen LogP contribution < -0.4 is 21.7 Å². The van der Waals surface area contributed by atoms with Gasteiger partial charge < -0.3 is 21.7 Å². The number of hydrogen-bond donors (Lipinski definition) is 4. The number of carbonyl (C=O) groups is 2. The summed E-state index contributed by atoms with van der Waals surface area (Å²) in [4.78, 5) is 24.6. The van der Waals surface area contributed by atoms with Crippen LogP contribution in [0.15, 0.2) is 42.5 Å². The molecule has 1 atom stereocenters. The summed E-state index contributed by atoms with van der Waals surface area (Å²) in [5, 5.41) is 8.63. The normalized spacial score (nSPS) is 15.7. The molecule has 0 saturated carbocycles. The van der Waals surface area contributed by atoms with Gasteiger partial charge in [-0.1, -0.05) is 12.1 Å². The second kappa shape index (κ2) is 8.12. The van der Waals surface area contributed by atoms with Gasteiger partial charge in [-0.15, -0.1) is 0 Å². The summed E-state index contributed by atoms with van der Waals surface area (Å²) >= 11 is 0. The van der Waals surface area contributed by atoms with E-state index in [1.54, 1.807) is 24.3 Å². The standard InChI is InChI=1S/C21H26N4O2/c1-13(2)23-21(27)24-17-7-3-6-15(12-17)20(26)25-19-8-4-5-14-11-16(22)9-10-18(14)19/h3,6-7,9-13,19H,4-5,8,22H2,1-2H3,(H,25,26)(H2,23,24,27). The molecule has 0 spiro atoms. The number of nitrogens with two attached hydrogens (primary N) is 1. The van der Waals surface area contributed by atoms with Crippen molar-refractivity contribution in [1.29, 1.82) is 0 Å². The third kappa shape index (κ3) is 4.78. The highest BCUT2D eigenvalue weighted by molar-refractivity contribution is 5.97. The maximum absolute atomic E-state index is 12.7. The number of nitrogen functional groups attached to an aromatic ring is 1. The van der Waals surface area contributed by atoms with Crippen molar-refractivity contribution in [2.24, 2.45) is 0 Å². The molecule has 0 radical (unpaired) electrons. The first kappa shape index (κ1) is 18.8. The van der Waals surface area contributed by atoms with Crippen LogP contribution in [0.2, 0.25) is 0 Å². The van der Waals surface area contributed by atoms with E-state index in [0.717, 1.165) is 30.5 Å². The van der Waals surface area contributed by atoms with Crippen LogP contribution in [0.1, 0.15) is 54.2 Å². The van der Waals surface area contributed by atoms with Gasteiger partial charge in [0.25, 0.3) is 5.91 Å². The molecule has 0 aliphatic heterocycles. The van der Waals surface area contributed by atoms with Crippen LogP contribution in [-0.2, 0) is 6.42 Å². The number of benzene rings is 2. The van der Waals surface area contributed by atoms with E-state index in [2.05, 4.69) is 16.0 Å². The minimum absolute atomic E-state index is 0.0253. The Hall–Kier alpha value is -3.02. The minimum atomic E-state index is -0.290. The van der Waals surface area contributed by atoms with E-state index >= 15 is 0 Å². The molecule has 1 aliphatic rings. The highest BCUT2D eigenvalue weighted by atomic mass is 16.2. The van der Waals surface area contributed by atoms with E-state index in [1.165, 1.54) is 5.56 Å². The molecule has 0 saturated heterocycles. The number of nitrogens with one attached hydrogen (secondary N) is 3. The van der Waals surface area contributed by atoms with Gasteiger partial charge in [0.1, 0.15) is 0 Å². The van der Waals surface area contributed by atoms with Gasteiger partial charge in [-0.3, -0.25) is 4.79 Å². The predicted molar refractivity (Wildman–Crippen MR) is 108 cm³/mol. The summed E-state index contributed by atoms with van der Waals surface area (Å²) in [6.45, 7) is 3.78. The lowest BCUT2D eigenvalue weighted by atomic mass is 9.87. The quantitative estimate of drug-likeness (QED) is 0.623. The zero-order valence-electron chi connectivity index (χ0n) is 15.7. The maximum atomic E-state index is 12.7. The second-order valence-corrected chi connectivity index (χ2v) is 7.21. The molecule has 1 aliphatic carbocycles. The first-order chi connectivity index (χ1) is 12.9. The van der Waals surface area contributed by atoms with Gasteiger partial charge in [0.15, 0.2) is 0 Å². The molecule has 27 heavy (non-hydrogen) atoms. The van der Waals surface area contributed by atoms with Crippen molar-refractivity contribution in [1.82, 2.24) is 10.6 Å². The highest BCUT2D eigenvalue weighted by Crippen LogP contribution is 2.31. The van der Waals surface area contributed by atoms with Gasteiger partial charge in [0.2, 0.25) is 0 Å². The van der Waals surface area contributed by atoms with Crippen LogP contribution >= 0.6 is 0 Å². The SMILES string of the molecule is CC(C)NC(=O)Nc1cccc(C(=O)NC2CCCc3cc(N)ccc32)c1. The van der Waals surface area contributed by atoms with E-state index < -0.39 is 0 Å². The third-order valence-corrected chi connectivity index (χ3v) is 4.59. The molecule has 3 amide bonds. The van der Waals surface area contributed by atoms with E-state index in [1.807, 2.05) is 32.0 Å². The average Bonchev–Trinajstić information content (AvgIpc) is 2.61. The summed E-state index contributed by atoms with van der Waals surface area (Å²) in [7, 11) is 0. The van der Waals surface area contributed by atoms with Gasteiger partial charge in [0.05, 0.1) is 6.04 Å². The second-order valence-electron chi connectivity index (χ2n) is 7.21. The Morgan fingerprint density at radius 1 is 1.15 bits per heavy atom. The Labute approximate surface area is 159 Å². The summed E-state index contributed by atoms with van der Waals surface area (Å²) < 4.78 is 0. The monoisotopic (exact) mass is 366 g/mol. The van der Waals surface area contributed by atoms with E-state index in [0.29, 0.717) is 11.3 Å². The Morgan fingerprint density at radius 2 is 1.96 bits per heavy atom. The topological polar surface area (TPSA) is 96.2 Å². The Balaban J connectivity index is 1.70. The van der Waals surface area contributed by atoms with Crippen LogP contribution in [0.3, 0.4) is 0 Å². The Bertz CT molecular complexity index is 848. The van der Waals surface area contributed by atoms with Gasteiger partial charge in [-0.2, -0.15) is 0 Å². The molecule has 5 N–H and O–H groups in total. The van der Waals surface area contributed by atoms with E-state index in [9.17, 15) is 9.59 Å². The van der Waals surface area contributed by atoms with Crippen molar-refractivity contribution < 1.29 is 9.59 Å². The summed E-state index contributed by atoms with van der Waals surface area (Å²) in [6, 6.07) is 12.5. The first-order valence-corrected chi connectivity index (χ1v) is 9.29. The number of aryl methyl sites for hydroxylation is 1. The molecule has 0 bridgehead atoms. The number of rotatable bonds is 4. The van der Waals surface area contributed by atoms with Gasteiger partial charge in [-0.05, 0) is 74.6 Å². The minimum Gasteiger partial charge on any atom is -0.399 e. The smallest absolute Gasteiger partial charge is 0.319 e. The maximum Gasteiger partial charge on any atom is 0.319 e. The zero-order chi connectivity index (χ0) is 19.4. The lowest BCUT2D eigenvalue weighted by molar-refractivity contribution is 0.0932. The number of fused-ring (bicyclic) bond motifs is 1. The predicted octanol–water partition coefficient (Wildman–Crippen LogP) is 3.61. The number of urea groups is 1. The van der Waals surface area contributed by atoms with E-state index in [4.69, 9.17) is 5.73 Å². The Kier molecular flexibility index (Phi) is 5.64. The number of anilines is 2. The van der Waals surface area contributed by atoms with Crippen molar-refractivity contribution in [2.45, 2.75) is 45.2 Å². The molecule has 2 aromatic rings. The van der Waals surface area contributed by atoms with Gasteiger partial charge in [-0.25, -0.2) is 4.79 Å². The summed E-state index contributed by atoms with van der Waals surface area (Å²) in [5.41, 5.74) is 10.1. The lowest BCUT2D eigenvalue weighted by Gasteiger charge is -2.26. The first-order valence-electron chi connectivity index (χ1n) is 9.29. The fourth-order valence-corrected chi connectivity index (χ4v) is 3.39. The van der Waals surface area contributed by atoms with Crippen LogP contribution in [0, 0.1) is 0 Å². The molecular formula is C21H26N4O2. The molecule has 142 valence electrons. The average molecular weight is 366 g/mol. The molecule has 0 aromatic heterocycles. The van der Waals surface area contributed by atoms with Crippen molar-refractivity contribution in [3.8, 4) is 0 Å². The van der Waals surface area contributed by atoms with Crippen molar-refractivity contribution in [2.75, 3.05) is 11.1 Å². The van der Waals surface area contributed by atoms with Crippen LogP contribution in [-0.4, -0.2) is 18.0 Å². The van der Waals surface area contributed by atoms with Crippen molar-refractivity contribution in [3.63, 3.8) is 0 Å². The van der Waals surface area contributed by atoms with Crippen molar-refractivity contribution >= 4 is 23.3 Å². The number of carbonyl (C=O) groups excluding carboxylic acids is 2. The molecule has 1 unspecified atom stereocenters. The van der Waals surface area contributed by atoms with E-state index in [-0.39, 0.29) is 24.0 Å². The summed E-state index contributed by atoms with van der Waals surface area (Å²) in [6.07, 6.45) is 2.90. The largest absolute Gasteiger partial charge is 0.399 e. The molecule has 0 heterocycles. The molecule has 6 heteroatoms. The van der Waals surface area contributed by atoms with Crippen molar-refractivity contribution in [3.05, 3.63) is 59.2 Å². The fourth-order valence-electron chi connectivity index (χ4n) is 3.39.